The van der Waals surface area contributed by atoms with Gasteiger partial charge in [-0.3, -0.25) is 0 Å². The molecule has 0 aromatic heterocycles. The largest absolute Gasteiger partial charge is 0.312 e. The first-order valence-corrected chi connectivity index (χ1v) is 7.48. The second-order valence-electron chi connectivity index (χ2n) is 6.31. The molecule has 0 bridgehead atoms. The lowest BCUT2D eigenvalue weighted by molar-refractivity contribution is 0.290. The van der Waals surface area contributed by atoms with Crippen LogP contribution in [0.15, 0.2) is 12.1 Å². The second kappa shape index (κ2) is 6.06. The maximum Gasteiger partial charge on any atom is 0.0452 e. The number of aryl methyl sites for hydroxylation is 3. The van der Waals surface area contributed by atoms with Gasteiger partial charge < -0.3 is 10.2 Å². The number of nitrogens with one attached hydrogen (secondary N) is 1. The van der Waals surface area contributed by atoms with Gasteiger partial charge in [-0.05, 0) is 63.4 Å². The molecule has 1 aromatic carbocycles. The maximum atomic E-state index is 3.52. The van der Waals surface area contributed by atoms with E-state index in [4.69, 9.17) is 0 Å². The van der Waals surface area contributed by atoms with Gasteiger partial charge in [0, 0.05) is 19.1 Å². The molecule has 0 amide bonds. The highest BCUT2D eigenvalue weighted by atomic mass is 15.2. The van der Waals surface area contributed by atoms with Crippen molar-refractivity contribution in [3.63, 3.8) is 0 Å². The zero-order valence-electron chi connectivity index (χ0n) is 13.1. The molecule has 106 valence electrons. The van der Waals surface area contributed by atoms with Crippen LogP contribution >= 0.6 is 0 Å². The topological polar surface area (TPSA) is 15.3 Å². The Kier molecular flexibility index (Phi) is 4.64. The van der Waals surface area contributed by atoms with Crippen LogP contribution in [0.2, 0.25) is 0 Å². The molecule has 0 spiro atoms. The van der Waals surface area contributed by atoms with Gasteiger partial charge in [0.05, 0.1) is 0 Å². The summed E-state index contributed by atoms with van der Waals surface area (Å²) in [6, 6.07) is 5.06. The third-order valence-corrected chi connectivity index (χ3v) is 4.38. The first-order chi connectivity index (χ1) is 9.01. The molecule has 2 nitrogen and oxygen atoms in total. The van der Waals surface area contributed by atoms with Gasteiger partial charge in [-0.25, -0.2) is 0 Å². The summed E-state index contributed by atoms with van der Waals surface area (Å²) in [5, 5.41) is 3.52. The first kappa shape index (κ1) is 14.5. The van der Waals surface area contributed by atoms with Gasteiger partial charge in [0.25, 0.3) is 0 Å². The highest BCUT2D eigenvalue weighted by Gasteiger charge is 2.23. The van der Waals surface area contributed by atoms with Crippen LogP contribution < -0.4 is 5.32 Å². The van der Waals surface area contributed by atoms with Crippen LogP contribution in [0.3, 0.4) is 0 Å². The van der Waals surface area contributed by atoms with Crippen molar-refractivity contribution in [1.82, 2.24) is 10.2 Å². The normalized spacial score (nSPS) is 21.8. The van der Waals surface area contributed by atoms with E-state index in [1.165, 1.54) is 41.8 Å². The van der Waals surface area contributed by atoms with E-state index in [1.807, 2.05) is 0 Å². The van der Waals surface area contributed by atoms with Gasteiger partial charge in [-0.1, -0.05) is 24.6 Å². The Morgan fingerprint density at radius 3 is 2.37 bits per heavy atom. The monoisotopic (exact) mass is 260 g/mol. The fourth-order valence-corrected chi connectivity index (χ4v) is 3.52. The molecule has 19 heavy (non-hydrogen) atoms. The van der Waals surface area contributed by atoms with Crippen LogP contribution in [-0.4, -0.2) is 31.6 Å². The predicted octanol–water partition coefficient (Wildman–Crippen LogP) is 3.21. The van der Waals surface area contributed by atoms with Gasteiger partial charge in [0.1, 0.15) is 0 Å². The molecule has 2 unspecified atom stereocenters. The average Bonchev–Trinajstić information content (AvgIpc) is 2.72. The Bertz CT molecular complexity index is 416. The van der Waals surface area contributed by atoms with Gasteiger partial charge in [-0.2, -0.15) is 0 Å². The number of benzene rings is 1. The van der Waals surface area contributed by atoms with Crippen LogP contribution in [0, 0.1) is 26.7 Å². The highest BCUT2D eigenvalue weighted by Crippen LogP contribution is 2.26. The Hall–Kier alpha value is -0.860. The summed E-state index contributed by atoms with van der Waals surface area (Å²) < 4.78 is 0. The van der Waals surface area contributed by atoms with Crippen LogP contribution in [0.1, 0.15) is 41.6 Å². The van der Waals surface area contributed by atoms with E-state index in [1.54, 1.807) is 0 Å². The maximum absolute atomic E-state index is 3.52. The molecule has 1 saturated heterocycles. The Balaban J connectivity index is 2.17. The van der Waals surface area contributed by atoms with E-state index < -0.39 is 0 Å². The SMILES string of the molecule is CNC(CN1CCC(C)C1)c1c(C)cc(C)cc1C. The fourth-order valence-electron chi connectivity index (χ4n) is 3.52. The van der Waals surface area contributed by atoms with E-state index in [0.29, 0.717) is 6.04 Å². The van der Waals surface area contributed by atoms with Crippen molar-refractivity contribution in [2.24, 2.45) is 5.92 Å². The zero-order chi connectivity index (χ0) is 14.0. The molecule has 0 aliphatic carbocycles. The number of hydrogen-bond donors (Lipinski definition) is 1. The summed E-state index contributed by atoms with van der Waals surface area (Å²) in [5.41, 5.74) is 5.70. The van der Waals surface area contributed by atoms with Gasteiger partial charge in [-0.15, -0.1) is 0 Å². The van der Waals surface area contributed by atoms with Gasteiger partial charge in [0.15, 0.2) is 0 Å². The first-order valence-electron chi connectivity index (χ1n) is 7.48. The summed E-state index contributed by atoms with van der Waals surface area (Å²) in [6.07, 6.45) is 1.35. The van der Waals surface area contributed by atoms with E-state index in [2.05, 4.69) is 57.1 Å². The number of hydrogen-bond acceptors (Lipinski definition) is 2. The zero-order valence-corrected chi connectivity index (χ0v) is 13.1. The summed E-state index contributed by atoms with van der Waals surface area (Å²) in [4.78, 5) is 2.60. The summed E-state index contributed by atoms with van der Waals surface area (Å²) in [5.74, 6) is 0.859. The van der Waals surface area contributed by atoms with E-state index in [0.717, 1.165) is 12.5 Å². The molecule has 1 heterocycles. The molecule has 1 aliphatic rings. The predicted molar refractivity (Wildman–Crippen MR) is 82.7 cm³/mol. The minimum atomic E-state index is 0.450. The Morgan fingerprint density at radius 1 is 1.26 bits per heavy atom. The van der Waals surface area contributed by atoms with Gasteiger partial charge >= 0.3 is 0 Å². The van der Waals surface area contributed by atoms with Crippen molar-refractivity contribution in [2.75, 3.05) is 26.7 Å². The van der Waals surface area contributed by atoms with Crippen molar-refractivity contribution in [1.29, 1.82) is 0 Å². The quantitative estimate of drug-likeness (QED) is 0.894. The average molecular weight is 260 g/mol. The Morgan fingerprint density at radius 2 is 1.89 bits per heavy atom. The molecular weight excluding hydrogens is 232 g/mol. The molecule has 1 aromatic rings. The lowest BCUT2D eigenvalue weighted by Crippen LogP contribution is -2.33. The number of nitrogens with zero attached hydrogens (tertiary/aromatic N) is 1. The third kappa shape index (κ3) is 3.37. The standard InChI is InChI=1S/C17H28N2/c1-12-6-7-19(10-12)11-16(18-5)17-14(3)8-13(2)9-15(17)4/h8-9,12,16,18H,6-7,10-11H2,1-5H3. The van der Waals surface area contributed by atoms with Crippen LogP contribution in [0.25, 0.3) is 0 Å². The minimum absolute atomic E-state index is 0.450. The van der Waals surface area contributed by atoms with E-state index in [-0.39, 0.29) is 0 Å². The van der Waals surface area contributed by atoms with E-state index in [9.17, 15) is 0 Å². The molecule has 1 N–H and O–H groups in total. The summed E-state index contributed by atoms with van der Waals surface area (Å²) in [7, 11) is 2.09. The number of rotatable bonds is 4. The summed E-state index contributed by atoms with van der Waals surface area (Å²) >= 11 is 0. The van der Waals surface area contributed by atoms with Crippen LogP contribution in [0.4, 0.5) is 0 Å². The number of likely N-dealkylation sites (N-methyl/N-ethyl adjacent to an activating group) is 1. The van der Waals surface area contributed by atoms with Crippen LogP contribution in [-0.2, 0) is 0 Å². The van der Waals surface area contributed by atoms with Crippen molar-refractivity contribution < 1.29 is 0 Å². The molecule has 1 aliphatic heterocycles. The van der Waals surface area contributed by atoms with Crippen LogP contribution in [0.5, 0.6) is 0 Å². The summed E-state index contributed by atoms with van der Waals surface area (Å²) in [6.45, 7) is 12.7. The fraction of sp³-hybridized carbons (Fsp3) is 0.647. The lowest BCUT2D eigenvalue weighted by atomic mass is 9.94. The molecule has 2 atom stereocenters. The third-order valence-electron chi connectivity index (χ3n) is 4.38. The van der Waals surface area contributed by atoms with E-state index >= 15 is 0 Å². The second-order valence-corrected chi connectivity index (χ2v) is 6.31. The molecule has 1 fully saturated rings. The number of likely N-dealkylation sites (tertiary alicyclic amines) is 1. The smallest absolute Gasteiger partial charge is 0.0452 e. The highest BCUT2D eigenvalue weighted by molar-refractivity contribution is 5.39. The van der Waals surface area contributed by atoms with Crippen molar-refractivity contribution >= 4 is 0 Å². The lowest BCUT2D eigenvalue weighted by Gasteiger charge is -2.26. The molecule has 0 radical (unpaired) electrons. The van der Waals surface area contributed by atoms with Crippen molar-refractivity contribution in [2.45, 2.75) is 40.2 Å². The Labute approximate surface area is 118 Å². The molecule has 2 heteroatoms. The van der Waals surface area contributed by atoms with Crippen molar-refractivity contribution in [3.05, 3.63) is 34.4 Å². The van der Waals surface area contributed by atoms with Gasteiger partial charge in [0.2, 0.25) is 0 Å². The molecular formula is C17H28N2. The molecule has 0 saturated carbocycles. The van der Waals surface area contributed by atoms with Crippen molar-refractivity contribution in [3.8, 4) is 0 Å². The minimum Gasteiger partial charge on any atom is -0.312 e. The molecule has 2 rings (SSSR count).